The lowest BCUT2D eigenvalue weighted by molar-refractivity contribution is -0.153. The van der Waals surface area contributed by atoms with Crippen molar-refractivity contribution in [1.29, 1.82) is 0 Å². The minimum absolute atomic E-state index is 0.0708. The van der Waals surface area contributed by atoms with Crippen LogP contribution < -0.4 is 14.2 Å². The van der Waals surface area contributed by atoms with Gasteiger partial charge in [-0.1, -0.05) is 54.1 Å². The molecule has 1 heterocycles. The third-order valence-electron chi connectivity index (χ3n) is 7.10. The Kier molecular flexibility index (Phi) is 10.0. The molecule has 41 heavy (non-hydrogen) atoms. The van der Waals surface area contributed by atoms with E-state index in [1.165, 1.54) is 17.0 Å². The Morgan fingerprint density at radius 1 is 0.951 bits per heavy atom. The number of nitrogens with zero attached hydrogens (tertiary/aromatic N) is 1. The fourth-order valence-electron chi connectivity index (χ4n) is 4.88. The third kappa shape index (κ3) is 7.65. The first-order chi connectivity index (χ1) is 19.7. The van der Waals surface area contributed by atoms with Gasteiger partial charge in [-0.05, 0) is 61.6 Å². The van der Waals surface area contributed by atoms with Crippen LogP contribution in [-0.4, -0.2) is 64.6 Å². The summed E-state index contributed by atoms with van der Waals surface area (Å²) in [5.41, 5.74) is 2.62. The van der Waals surface area contributed by atoms with Crippen molar-refractivity contribution in [2.75, 3.05) is 27.4 Å². The van der Waals surface area contributed by atoms with Crippen molar-refractivity contribution in [3.63, 3.8) is 0 Å². The van der Waals surface area contributed by atoms with E-state index in [4.69, 9.17) is 14.2 Å². The molecule has 0 aromatic heterocycles. The summed E-state index contributed by atoms with van der Waals surface area (Å²) in [4.78, 5) is 28.4. The second-order valence-corrected chi connectivity index (χ2v) is 11.7. The fourth-order valence-corrected chi connectivity index (χ4v) is 6.07. The monoisotopic (exact) mass is 580 g/mol. The average Bonchev–Trinajstić information content (AvgIpc) is 3.47. The molecule has 9 nitrogen and oxygen atoms in total. The summed E-state index contributed by atoms with van der Waals surface area (Å²) in [5.74, 6) is 0.234. The zero-order valence-electron chi connectivity index (χ0n) is 23.5. The lowest BCUT2D eigenvalue weighted by Gasteiger charge is -2.28. The second-order valence-electron chi connectivity index (χ2n) is 9.97. The minimum Gasteiger partial charge on any atom is -0.493 e. The number of aryl methyl sites for hydroxylation is 1. The lowest BCUT2D eigenvalue weighted by Crippen LogP contribution is -2.52. The summed E-state index contributed by atoms with van der Waals surface area (Å²) in [7, 11) is -0.881. The molecule has 1 aliphatic heterocycles. The topological polar surface area (TPSA) is 111 Å². The number of ether oxygens (including phenoxy) is 3. The second kappa shape index (κ2) is 13.6. The molecule has 0 spiro atoms. The number of rotatable bonds is 12. The summed E-state index contributed by atoms with van der Waals surface area (Å²) >= 11 is 0. The number of likely N-dealkylation sites (tertiary alicyclic amines) is 1. The molecule has 1 N–H and O–H groups in total. The summed E-state index contributed by atoms with van der Waals surface area (Å²) in [6.45, 7) is 2.33. The Morgan fingerprint density at radius 3 is 2.34 bits per heavy atom. The van der Waals surface area contributed by atoms with Gasteiger partial charge in [0, 0.05) is 13.0 Å². The van der Waals surface area contributed by atoms with Gasteiger partial charge in [-0.3, -0.25) is 4.79 Å². The highest BCUT2D eigenvalue weighted by molar-refractivity contribution is 7.89. The smallest absolute Gasteiger partial charge is 0.328 e. The molecule has 1 saturated heterocycles. The van der Waals surface area contributed by atoms with E-state index in [-0.39, 0.29) is 17.9 Å². The van der Waals surface area contributed by atoms with Crippen molar-refractivity contribution in [2.45, 2.75) is 49.6 Å². The average molecular weight is 581 g/mol. The summed E-state index contributed by atoms with van der Waals surface area (Å²) in [6.07, 6.45) is 1.66. The van der Waals surface area contributed by atoms with Gasteiger partial charge in [-0.2, -0.15) is 4.72 Å². The maximum Gasteiger partial charge on any atom is 0.328 e. The van der Waals surface area contributed by atoms with E-state index in [0.717, 1.165) is 16.7 Å². The number of sulfonamides is 1. The van der Waals surface area contributed by atoms with Crippen LogP contribution in [0.4, 0.5) is 0 Å². The van der Waals surface area contributed by atoms with Gasteiger partial charge in [-0.15, -0.1) is 0 Å². The predicted molar refractivity (Wildman–Crippen MR) is 154 cm³/mol. The van der Waals surface area contributed by atoms with Crippen LogP contribution in [0.15, 0.2) is 77.7 Å². The van der Waals surface area contributed by atoms with Gasteiger partial charge in [-0.25, -0.2) is 13.2 Å². The Morgan fingerprint density at radius 2 is 1.66 bits per heavy atom. The lowest BCUT2D eigenvalue weighted by atomic mass is 10.1. The Hall–Kier alpha value is -3.89. The standard InChI is InChI=1S/C31H36N2O7S/c1-22-11-14-25(15-12-22)41(36,37)32-26(20-23-8-5-4-6-9-23)30(34)33-18-7-10-27(33)31(35)40-19-17-24-13-16-28(38-2)29(21-24)39-3/h4-6,8-9,11-16,21,26-27,32H,7,10,17-20H2,1-3H3/t26-,27-/m0/s1. The van der Waals surface area contributed by atoms with Crippen LogP contribution >= 0.6 is 0 Å². The van der Waals surface area contributed by atoms with Gasteiger partial charge >= 0.3 is 5.97 Å². The van der Waals surface area contributed by atoms with Gasteiger partial charge in [0.05, 0.1) is 25.7 Å². The molecular weight excluding hydrogens is 544 g/mol. The van der Waals surface area contributed by atoms with Gasteiger partial charge < -0.3 is 19.1 Å². The normalized spacial score (nSPS) is 15.8. The molecule has 0 bridgehead atoms. The van der Waals surface area contributed by atoms with Crippen LogP contribution in [-0.2, 0) is 37.2 Å². The molecule has 10 heteroatoms. The summed E-state index contributed by atoms with van der Waals surface area (Å²) in [5, 5.41) is 0. The first-order valence-corrected chi connectivity index (χ1v) is 15.0. The van der Waals surface area contributed by atoms with Crippen molar-refractivity contribution >= 4 is 21.9 Å². The summed E-state index contributed by atoms with van der Waals surface area (Å²) < 4.78 is 45.3. The first-order valence-electron chi connectivity index (χ1n) is 13.5. The van der Waals surface area contributed by atoms with Crippen molar-refractivity contribution in [3.8, 4) is 11.5 Å². The van der Waals surface area contributed by atoms with Gasteiger partial charge in [0.1, 0.15) is 12.1 Å². The van der Waals surface area contributed by atoms with Crippen LogP contribution in [0.25, 0.3) is 0 Å². The highest BCUT2D eigenvalue weighted by Gasteiger charge is 2.39. The number of benzene rings is 3. The first kappa shape index (κ1) is 30.1. The van der Waals surface area contributed by atoms with Crippen molar-refractivity contribution < 1.29 is 32.2 Å². The number of nitrogens with one attached hydrogen (secondary N) is 1. The Balaban J connectivity index is 1.46. The van der Waals surface area contributed by atoms with E-state index in [2.05, 4.69) is 4.72 Å². The number of amides is 1. The quantitative estimate of drug-likeness (QED) is 0.326. The predicted octanol–water partition coefficient (Wildman–Crippen LogP) is 3.68. The van der Waals surface area contributed by atoms with Gasteiger partial charge in [0.2, 0.25) is 15.9 Å². The molecular formula is C31H36N2O7S. The van der Waals surface area contributed by atoms with Crippen LogP contribution in [0.3, 0.4) is 0 Å². The number of hydrogen-bond acceptors (Lipinski definition) is 7. The fraction of sp³-hybridized carbons (Fsp3) is 0.355. The minimum atomic E-state index is -4.00. The number of methoxy groups -OCH3 is 2. The highest BCUT2D eigenvalue weighted by atomic mass is 32.2. The van der Waals surface area contributed by atoms with Crippen molar-refractivity contribution in [1.82, 2.24) is 9.62 Å². The van der Waals surface area contributed by atoms with Crippen LogP contribution in [0.5, 0.6) is 11.5 Å². The van der Waals surface area contributed by atoms with Crippen LogP contribution in [0.2, 0.25) is 0 Å². The van der Waals surface area contributed by atoms with E-state index >= 15 is 0 Å². The van der Waals surface area contributed by atoms with Gasteiger partial charge in [0.25, 0.3) is 0 Å². The molecule has 0 aliphatic carbocycles. The van der Waals surface area contributed by atoms with E-state index in [9.17, 15) is 18.0 Å². The van der Waals surface area contributed by atoms with E-state index < -0.39 is 34.0 Å². The van der Waals surface area contributed by atoms with Gasteiger partial charge in [0.15, 0.2) is 11.5 Å². The molecule has 0 saturated carbocycles. The zero-order valence-corrected chi connectivity index (χ0v) is 24.4. The molecule has 3 aromatic carbocycles. The number of esters is 1. The zero-order chi connectivity index (χ0) is 29.4. The molecule has 1 fully saturated rings. The molecule has 4 rings (SSSR count). The molecule has 2 atom stereocenters. The Bertz CT molecular complexity index is 1440. The molecule has 218 valence electrons. The highest BCUT2D eigenvalue weighted by Crippen LogP contribution is 2.28. The molecule has 0 radical (unpaired) electrons. The molecule has 1 aliphatic rings. The molecule has 1 amide bonds. The number of carbonyl (C=O) groups is 2. The van der Waals surface area contributed by atoms with Crippen LogP contribution in [0, 0.1) is 6.92 Å². The maximum absolute atomic E-state index is 13.8. The Labute approximate surface area is 241 Å². The molecule has 0 unspecified atom stereocenters. The number of carbonyl (C=O) groups excluding carboxylic acids is 2. The maximum atomic E-state index is 13.8. The van der Waals surface area contributed by atoms with Crippen molar-refractivity contribution in [2.24, 2.45) is 0 Å². The number of hydrogen-bond donors (Lipinski definition) is 1. The van der Waals surface area contributed by atoms with E-state index in [0.29, 0.717) is 37.3 Å². The van der Waals surface area contributed by atoms with E-state index in [1.54, 1.807) is 32.4 Å². The van der Waals surface area contributed by atoms with Crippen LogP contribution in [0.1, 0.15) is 29.5 Å². The largest absolute Gasteiger partial charge is 0.493 e. The van der Waals surface area contributed by atoms with E-state index in [1.807, 2.05) is 49.4 Å². The van der Waals surface area contributed by atoms with Crippen molar-refractivity contribution in [3.05, 3.63) is 89.5 Å². The third-order valence-corrected chi connectivity index (χ3v) is 8.59. The molecule has 3 aromatic rings. The summed E-state index contributed by atoms with van der Waals surface area (Å²) in [6, 6.07) is 19.2. The SMILES string of the molecule is COc1ccc(CCOC(=O)[C@@H]2CCCN2C(=O)[C@H](Cc2ccccc2)NS(=O)(=O)c2ccc(C)cc2)cc1OC.